The number of carbonyl (C=O) groups is 2. The van der Waals surface area contributed by atoms with Crippen LogP contribution in [-0.2, 0) is 27.1 Å². The van der Waals surface area contributed by atoms with Gasteiger partial charge in [-0.05, 0) is 37.0 Å². The molecule has 0 saturated carbocycles. The van der Waals surface area contributed by atoms with E-state index >= 15 is 0 Å². The van der Waals surface area contributed by atoms with Crippen molar-refractivity contribution in [1.29, 1.82) is 0 Å². The van der Waals surface area contributed by atoms with Gasteiger partial charge in [-0.25, -0.2) is 9.78 Å². The van der Waals surface area contributed by atoms with E-state index in [1.807, 2.05) is 6.07 Å². The molecule has 1 aliphatic carbocycles. The van der Waals surface area contributed by atoms with Crippen LogP contribution in [0.25, 0.3) is 11.3 Å². The molecule has 0 bridgehead atoms. The lowest BCUT2D eigenvalue weighted by Gasteiger charge is -2.26. The SMILES string of the molecule is CC(=O)NC[C@H]1CN(c2ccc3c(c2)CCCc2sc(NCCN4CCOCC4)nc2-3)C(=O)O1. The Kier molecular flexibility index (Phi) is 6.98. The summed E-state index contributed by atoms with van der Waals surface area (Å²) in [5, 5.41) is 7.20. The van der Waals surface area contributed by atoms with Gasteiger partial charge < -0.3 is 20.1 Å². The minimum absolute atomic E-state index is 0.131. The summed E-state index contributed by atoms with van der Waals surface area (Å²) < 4.78 is 10.9. The van der Waals surface area contributed by atoms with Crippen LogP contribution >= 0.6 is 11.3 Å². The number of nitrogens with zero attached hydrogens (tertiary/aromatic N) is 3. The Balaban J connectivity index is 1.27. The second kappa shape index (κ2) is 10.3. The molecule has 1 atom stereocenters. The molecule has 2 aromatic rings. The summed E-state index contributed by atoms with van der Waals surface area (Å²) >= 11 is 1.75. The zero-order chi connectivity index (χ0) is 23.5. The fourth-order valence-corrected chi connectivity index (χ4v) is 5.72. The number of amides is 2. The highest BCUT2D eigenvalue weighted by molar-refractivity contribution is 7.16. The van der Waals surface area contributed by atoms with Crippen molar-refractivity contribution in [2.24, 2.45) is 0 Å². The molecule has 2 N–H and O–H groups in total. The van der Waals surface area contributed by atoms with E-state index in [9.17, 15) is 9.59 Å². The first-order valence-electron chi connectivity index (χ1n) is 12.0. The number of aromatic nitrogens is 1. The average Bonchev–Trinajstić information content (AvgIpc) is 3.37. The van der Waals surface area contributed by atoms with Gasteiger partial charge in [-0.3, -0.25) is 14.6 Å². The van der Waals surface area contributed by atoms with Gasteiger partial charge in [0.25, 0.3) is 0 Å². The molecule has 10 heteroatoms. The molecule has 5 rings (SSSR count). The number of anilines is 2. The molecule has 3 aliphatic rings. The van der Waals surface area contributed by atoms with Gasteiger partial charge >= 0.3 is 6.09 Å². The molecule has 2 aliphatic heterocycles. The first kappa shape index (κ1) is 23.1. The maximum absolute atomic E-state index is 12.4. The van der Waals surface area contributed by atoms with Gasteiger partial charge in [0.2, 0.25) is 5.91 Å². The summed E-state index contributed by atoms with van der Waals surface area (Å²) in [6.07, 6.45) is 2.29. The standard InChI is InChI=1S/C24H31N5O4S/c1-16(30)26-14-19-15-29(24(31)33-19)18-5-6-20-17(13-18)3-2-4-21-22(20)27-23(34-21)25-7-8-28-9-11-32-12-10-28/h5-6,13,19H,2-4,7-12,14-15H2,1H3,(H,25,27)(H,26,30)/t19-/m0/s1. The molecule has 0 spiro atoms. The van der Waals surface area contributed by atoms with E-state index in [-0.39, 0.29) is 18.1 Å². The quantitative estimate of drug-likeness (QED) is 0.622. The molecule has 9 nitrogen and oxygen atoms in total. The lowest BCUT2D eigenvalue weighted by Crippen LogP contribution is -2.38. The highest BCUT2D eigenvalue weighted by Gasteiger charge is 2.33. The average molecular weight is 486 g/mol. The third-order valence-corrected chi connectivity index (χ3v) is 7.54. The number of benzene rings is 1. The number of aryl methyl sites for hydroxylation is 2. The Morgan fingerprint density at radius 2 is 2.12 bits per heavy atom. The second-order valence-electron chi connectivity index (χ2n) is 8.92. The first-order chi connectivity index (χ1) is 16.6. The van der Waals surface area contributed by atoms with Crippen LogP contribution in [0.5, 0.6) is 0 Å². The maximum atomic E-state index is 12.4. The van der Waals surface area contributed by atoms with Crippen molar-refractivity contribution >= 4 is 34.2 Å². The van der Waals surface area contributed by atoms with Gasteiger partial charge in [0.05, 0.1) is 32.0 Å². The molecule has 2 saturated heterocycles. The smallest absolute Gasteiger partial charge is 0.414 e. The normalized spacial score (nSPS) is 20.3. The van der Waals surface area contributed by atoms with Crippen LogP contribution in [-0.4, -0.2) is 80.5 Å². The molecule has 0 unspecified atom stereocenters. The van der Waals surface area contributed by atoms with Gasteiger partial charge in [-0.2, -0.15) is 0 Å². The summed E-state index contributed by atoms with van der Waals surface area (Å²) in [7, 11) is 0. The molecule has 182 valence electrons. The Morgan fingerprint density at radius 3 is 2.94 bits per heavy atom. The lowest BCUT2D eigenvalue weighted by molar-refractivity contribution is -0.119. The van der Waals surface area contributed by atoms with Gasteiger partial charge in [0.1, 0.15) is 6.10 Å². The van der Waals surface area contributed by atoms with Gasteiger partial charge in [0.15, 0.2) is 5.13 Å². The van der Waals surface area contributed by atoms with Crippen molar-refractivity contribution in [2.45, 2.75) is 32.3 Å². The zero-order valence-electron chi connectivity index (χ0n) is 19.5. The Morgan fingerprint density at radius 1 is 1.26 bits per heavy atom. The summed E-state index contributed by atoms with van der Waals surface area (Å²) in [5.41, 5.74) is 4.25. The minimum atomic E-state index is -0.370. The number of ether oxygens (including phenoxy) is 2. The maximum Gasteiger partial charge on any atom is 0.414 e. The molecule has 3 heterocycles. The lowest BCUT2D eigenvalue weighted by atomic mass is 10.0. The van der Waals surface area contributed by atoms with E-state index in [0.29, 0.717) is 13.1 Å². The number of thiazole rings is 1. The van der Waals surface area contributed by atoms with Crippen LogP contribution < -0.4 is 15.5 Å². The minimum Gasteiger partial charge on any atom is -0.442 e. The Labute approximate surface area is 203 Å². The van der Waals surface area contributed by atoms with Crippen LogP contribution in [0, 0.1) is 0 Å². The van der Waals surface area contributed by atoms with Crippen LogP contribution in [0.15, 0.2) is 18.2 Å². The van der Waals surface area contributed by atoms with Crippen molar-refractivity contribution in [3.8, 4) is 11.3 Å². The monoisotopic (exact) mass is 485 g/mol. The summed E-state index contributed by atoms with van der Waals surface area (Å²) in [4.78, 5) is 34.0. The number of nitrogens with one attached hydrogen (secondary N) is 2. The molecule has 2 fully saturated rings. The summed E-state index contributed by atoms with van der Waals surface area (Å²) in [5.74, 6) is -0.131. The summed E-state index contributed by atoms with van der Waals surface area (Å²) in [6.45, 7) is 7.68. The fourth-order valence-electron chi connectivity index (χ4n) is 4.67. The first-order valence-corrected chi connectivity index (χ1v) is 12.8. The van der Waals surface area contributed by atoms with E-state index in [1.165, 1.54) is 17.4 Å². The Hall–Kier alpha value is -2.69. The molecule has 1 aromatic heterocycles. The molecule has 0 radical (unpaired) electrons. The number of hydrogen-bond acceptors (Lipinski definition) is 8. The van der Waals surface area contributed by atoms with E-state index in [2.05, 4.69) is 27.7 Å². The van der Waals surface area contributed by atoms with Crippen molar-refractivity contribution in [1.82, 2.24) is 15.2 Å². The predicted octanol–water partition coefficient (Wildman–Crippen LogP) is 2.50. The third kappa shape index (κ3) is 5.18. The third-order valence-electron chi connectivity index (χ3n) is 6.46. The van der Waals surface area contributed by atoms with Crippen LogP contribution in [0.1, 0.15) is 23.8 Å². The van der Waals surface area contributed by atoms with Gasteiger partial charge in [-0.1, -0.05) is 6.07 Å². The zero-order valence-corrected chi connectivity index (χ0v) is 20.3. The highest BCUT2D eigenvalue weighted by Crippen LogP contribution is 2.39. The molecular weight excluding hydrogens is 454 g/mol. The number of fused-ring (bicyclic) bond motifs is 3. The van der Waals surface area contributed by atoms with Crippen molar-refractivity contribution in [3.05, 3.63) is 28.6 Å². The van der Waals surface area contributed by atoms with E-state index < -0.39 is 0 Å². The van der Waals surface area contributed by atoms with Crippen LogP contribution in [0.3, 0.4) is 0 Å². The second-order valence-corrected chi connectivity index (χ2v) is 10.0. The van der Waals surface area contributed by atoms with Gasteiger partial charge in [-0.15, -0.1) is 11.3 Å². The number of carbonyl (C=O) groups excluding carboxylic acids is 2. The molecular formula is C24H31N5O4S. The number of rotatable bonds is 7. The topological polar surface area (TPSA) is 96.0 Å². The van der Waals surface area contributed by atoms with Gasteiger partial charge in [0, 0.05) is 49.2 Å². The van der Waals surface area contributed by atoms with Crippen LogP contribution in [0.2, 0.25) is 0 Å². The predicted molar refractivity (Wildman–Crippen MR) is 132 cm³/mol. The Bertz CT molecular complexity index is 1050. The van der Waals surface area contributed by atoms with Crippen molar-refractivity contribution in [2.75, 3.05) is 62.7 Å². The molecule has 1 aromatic carbocycles. The van der Waals surface area contributed by atoms with E-state index in [4.69, 9.17) is 14.5 Å². The van der Waals surface area contributed by atoms with Crippen molar-refractivity contribution < 1.29 is 19.1 Å². The van der Waals surface area contributed by atoms with Crippen LogP contribution in [0.4, 0.5) is 15.6 Å². The van der Waals surface area contributed by atoms with E-state index in [0.717, 1.165) is 80.7 Å². The largest absolute Gasteiger partial charge is 0.442 e. The number of hydrogen-bond donors (Lipinski definition) is 2. The number of cyclic esters (lactones) is 1. The number of morpholine rings is 1. The fraction of sp³-hybridized carbons (Fsp3) is 0.542. The summed E-state index contributed by atoms with van der Waals surface area (Å²) in [6, 6.07) is 6.15. The highest BCUT2D eigenvalue weighted by atomic mass is 32.1. The van der Waals surface area contributed by atoms with E-state index in [1.54, 1.807) is 16.2 Å². The molecule has 2 amide bonds. The molecule has 34 heavy (non-hydrogen) atoms. The van der Waals surface area contributed by atoms with Crippen molar-refractivity contribution in [3.63, 3.8) is 0 Å².